The fourth-order valence-corrected chi connectivity index (χ4v) is 3.52. The van der Waals surface area contributed by atoms with E-state index in [1.807, 2.05) is 19.2 Å². The van der Waals surface area contributed by atoms with Crippen molar-refractivity contribution in [2.75, 3.05) is 13.7 Å². The van der Waals surface area contributed by atoms with Gasteiger partial charge < -0.3 is 10.1 Å². The summed E-state index contributed by atoms with van der Waals surface area (Å²) in [4.78, 5) is 0. The van der Waals surface area contributed by atoms with Crippen molar-refractivity contribution in [1.29, 1.82) is 0 Å². The average molecular weight is 296 g/mol. The van der Waals surface area contributed by atoms with Crippen LogP contribution in [0.4, 0.5) is 0 Å². The van der Waals surface area contributed by atoms with Gasteiger partial charge in [-0.1, -0.05) is 49.9 Å². The minimum Gasteiger partial charge on any atom is -0.377 e. The van der Waals surface area contributed by atoms with Gasteiger partial charge >= 0.3 is 0 Å². The quantitative estimate of drug-likeness (QED) is 0.849. The molecule has 0 radical (unpaired) electrons. The lowest BCUT2D eigenvalue weighted by molar-refractivity contribution is -0.0669. The Balaban J connectivity index is 2.14. The molecule has 1 unspecified atom stereocenters. The highest BCUT2D eigenvalue weighted by molar-refractivity contribution is 6.30. The zero-order valence-electron chi connectivity index (χ0n) is 12.6. The van der Waals surface area contributed by atoms with E-state index in [4.69, 9.17) is 16.3 Å². The van der Waals surface area contributed by atoms with E-state index in [-0.39, 0.29) is 5.60 Å². The fourth-order valence-electron chi connectivity index (χ4n) is 3.39. The first-order valence-electron chi connectivity index (χ1n) is 7.73. The van der Waals surface area contributed by atoms with Crippen LogP contribution in [0.2, 0.25) is 5.02 Å². The summed E-state index contributed by atoms with van der Waals surface area (Å²) in [5.41, 5.74) is 1.32. The number of ether oxygens (including phenoxy) is 1. The maximum Gasteiger partial charge on any atom is 0.0834 e. The van der Waals surface area contributed by atoms with Gasteiger partial charge in [0.2, 0.25) is 0 Å². The number of methoxy groups -OCH3 is 1. The van der Waals surface area contributed by atoms with Crippen LogP contribution >= 0.6 is 11.6 Å². The van der Waals surface area contributed by atoms with E-state index in [0.29, 0.717) is 6.04 Å². The van der Waals surface area contributed by atoms with Gasteiger partial charge in [0, 0.05) is 18.2 Å². The highest BCUT2D eigenvalue weighted by Crippen LogP contribution is 2.35. The summed E-state index contributed by atoms with van der Waals surface area (Å²) in [6.45, 7) is 3.14. The molecule has 1 aliphatic carbocycles. The zero-order chi connectivity index (χ0) is 14.4. The predicted molar refractivity (Wildman–Crippen MR) is 85.4 cm³/mol. The van der Waals surface area contributed by atoms with Crippen LogP contribution in [0.15, 0.2) is 24.3 Å². The standard InChI is InChI=1S/C17H26ClNO/c1-3-19-16(13-14-7-9-15(18)10-8-14)17(20-2)11-5-4-6-12-17/h7-10,16,19H,3-6,11-13H2,1-2H3. The van der Waals surface area contributed by atoms with Crippen LogP contribution < -0.4 is 5.32 Å². The molecule has 1 aromatic carbocycles. The molecule has 2 rings (SSSR count). The van der Waals surface area contributed by atoms with E-state index in [1.54, 1.807) is 0 Å². The van der Waals surface area contributed by atoms with E-state index in [9.17, 15) is 0 Å². The molecule has 2 nitrogen and oxygen atoms in total. The van der Waals surface area contributed by atoms with Crippen LogP contribution in [0.25, 0.3) is 0 Å². The van der Waals surface area contributed by atoms with E-state index >= 15 is 0 Å². The number of halogens is 1. The van der Waals surface area contributed by atoms with Crippen molar-refractivity contribution in [2.24, 2.45) is 0 Å². The summed E-state index contributed by atoms with van der Waals surface area (Å²) in [7, 11) is 1.87. The third kappa shape index (κ3) is 3.75. The lowest BCUT2D eigenvalue weighted by atomic mass is 9.77. The average Bonchev–Trinajstić information content (AvgIpc) is 2.49. The van der Waals surface area contributed by atoms with Crippen molar-refractivity contribution >= 4 is 11.6 Å². The van der Waals surface area contributed by atoms with Crippen molar-refractivity contribution in [3.8, 4) is 0 Å². The molecular weight excluding hydrogens is 270 g/mol. The lowest BCUT2D eigenvalue weighted by Crippen LogP contribution is -2.54. The summed E-state index contributed by atoms with van der Waals surface area (Å²) < 4.78 is 6.00. The van der Waals surface area contributed by atoms with Gasteiger partial charge in [-0.3, -0.25) is 0 Å². The van der Waals surface area contributed by atoms with Crippen LogP contribution in [-0.4, -0.2) is 25.3 Å². The third-order valence-corrected chi connectivity index (χ3v) is 4.80. The van der Waals surface area contributed by atoms with Gasteiger partial charge in [-0.25, -0.2) is 0 Å². The smallest absolute Gasteiger partial charge is 0.0834 e. The minimum atomic E-state index is -0.00606. The molecule has 1 saturated carbocycles. The third-order valence-electron chi connectivity index (χ3n) is 4.55. The number of rotatable bonds is 6. The Bertz CT molecular complexity index is 398. The van der Waals surface area contributed by atoms with Crippen molar-refractivity contribution < 1.29 is 4.74 Å². The molecule has 0 heterocycles. The first-order valence-corrected chi connectivity index (χ1v) is 8.11. The number of hydrogen-bond donors (Lipinski definition) is 1. The van der Waals surface area contributed by atoms with Gasteiger partial charge in [0.25, 0.3) is 0 Å². The van der Waals surface area contributed by atoms with Crippen LogP contribution in [-0.2, 0) is 11.2 Å². The number of nitrogens with one attached hydrogen (secondary N) is 1. The van der Waals surface area contributed by atoms with Gasteiger partial charge in [-0.15, -0.1) is 0 Å². The first kappa shape index (κ1) is 15.8. The van der Waals surface area contributed by atoms with Gasteiger partial charge in [-0.05, 0) is 43.5 Å². The molecule has 0 aromatic heterocycles. The highest BCUT2D eigenvalue weighted by Gasteiger charge is 2.39. The molecule has 0 amide bonds. The second-order valence-electron chi connectivity index (χ2n) is 5.77. The molecule has 1 atom stereocenters. The Morgan fingerprint density at radius 1 is 1.20 bits per heavy atom. The van der Waals surface area contributed by atoms with Crippen LogP contribution in [0, 0.1) is 0 Å². The molecule has 1 aromatic rings. The van der Waals surface area contributed by atoms with Crippen LogP contribution in [0.3, 0.4) is 0 Å². The van der Waals surface area contributed by atoms with Gasteiger partial charge in [0.05, 0.1) is 5.60 Å². The predicted octanol–water partition coefficient (Wildman–Crippen LogP) is 4.21. The fraction of sp³-hybridized carbons (Fsp3) is 0.647. The van der Waals surface area contributed by atoms with Crippen molar-refractivity contribution in [3.05, 3.63) is 34.9 Å². The topological polar surface area (TPSA) is 21.3 Å². The molecule has 1 fully saturated rings. The molecule has 0 bridgehead atoms. The van der Waals surface area contributed by atoms with E-state index in [1.165, 1.54) is 24.8 Å². The molecular formula is C17H26ClNO. The Morgan fingerprint density at radius 2 is 1.85 bits per heavy atom. The zero-order valence-corrected chi connectivity index (χ0v) is 13.4. The monoisotopic (exact) mass is 295 g/mol. The van der Waals surface area contributed by atoms with Gasteiger partial charge in [0.1, 0.15) is 0 Å². The molecule has 20 heavy (non-hydrogen) atoms. The lowest BCUT2D eigenvalue weighted by Gasteiger charge is -2.43. The number of benzene rings is 1. The Labute approximate surface area is 127 Å². The maximum absolute atomic E-state index is 6.00. The molecule has 3 heteroatoms. The summed E-state index contributed by atoms with van der Waals surface area (Å²) >= 11 is 5.97. The van der Waals surface area contributed by atoms with Gasteiger partial charge in [0.15, 0.2) is 0 Å². The molecule has 1 N–H and O–H groups in total. The van der Waals surface area contributed by atoms with E-state index in [2.05, 4.69) is 24.4 Å². The minimum absolute atomic E-state index is 0.00606. The number of likely N-dealkylation sites (N-methyl/N-ethyl adjacent to an activating group) is 1. The molecule has 112 valence electrons. The van der Waals surface area contributed by atoms with Crippen molar-refractivity contribution in [1.82, 2.24) is 5.32 Å². The second kappa shape index (κ2) is 7.44. The van der Waals surface area contributed by atoms with Crippen molar-refractivity contribution in [2.45, 2.75) is 57.1 Å². The van der Waals surface area contributed by atoms with Gasteiger partial charge in [-0.2, -0.15) is 0 Å². The summed E-state index contributed by atoms with van der Waals surface area (Å²) in [6.07, 6.45) is 7.21. The Hall–Kier alpha value is -0.570. The molecule has 0 spiro atoms. The summed E-state index contributed by atoms with van der Waals surface area (Å²) in [5, 5.41) is 4.45. The van der Waals surface area contributed by atoms with E-state index in [0.717, 1.165) is 30.8 Å². The summed E-state index contributed by atoms with van der Waals surface area (Å²) in [6, 6.07) is 8.57. The number of hydrogen-bond acceptors (Lipinski definition) is 2. The molecule has 0 aliphatic heterocycles. The highest BCUT2D eigenvalue weighted by atomic mass is 35.5. The Kier molecular flexibility index (Phi) is 5.88. The summed E-state index contributed by atoms with van der Waals surface area (Å²) in [5.74, 6) is 0. The SMILES string of the molecule is CCNC(Cc1ccc(Cl)cc1)C1(OC)CCCCC1. The molecule has 1 aliphatic rings. The Morgan fingerprint density at radius 3 is 2.40 bits per heavy atom. The van der Waals surface area contributed by atoms with Crippen LogP contribution in [0.5, 0.6) is 0 Å². The normalized spacial score (nSPS) is 19.8. The second-order valence-corrected chi connectivity index (χ2v) is 6.21. The largest absolute Gasteiger partial charge is 0.377 e. The van der Waals surface area contributed by atoms with Crippen molar-refractivity contribution in [3.63, 3.8) is 0 Å². The van der Waals surface area contributed by atoms with E-state index < -0.39 is 0 Å². The maximum atomic E-state index is 6.00. The van der Waals surface area contributed by atoms with Crippen LogP contribution in [0.1, 0.15) is 44.6 Å². The molecule has 0 saturated heterocycles. The first-order chi connectivity index (χ1) is 9.70.